The Morgan fingerprint density at radius 1 is 1.23 bits per heavy atom. The van der Waals surface area contributed by atoms with Crippen LogP contribution in [0.25, 0.3) is 5.57 Å². The lowest BCUT2D eigenvalue weighted by atomic mass is 10.0. The van der Waals surface area contributed by atoms with Crippen LogP contribution in [0.1, 0.15) is 25.0 Å². The van der Waals surface area contributed by atoms with Crippen molar-refractivity contribution >= 4 is 11.3 Å². The summed E-state index contributed by atoms with van der Waals surface area (Å²) in [6.07, 6.45) is 1.89. The summed E-state index contributed by atoms with van der Waals surface area (Å²) >= 11 is 0. The Labute approximate surface area is 79.6 Å². The molecular formula is C12H15N. The van der Waals surface area contributed by atoms with Gasteiger partial charge in [-0.15, -0.1) is 0 Å². The molecule has 0 bridgehead atoms. The van der Waals surface area contributed by atoms with E-state index >= 15 is 0 Å². The zero-order valence-electron chi connectivity index (χ0n) is 8.39. The van der Waals surface area contributed by atoms with Crippen molar-refractivity contribution in [2.45, 2.75) is 20.8 Å². The van der Waals surface area contributed by atoms with Gasteiger partial charge in [-0.3, -0.25) is 0 Å². The molecular weight excluding hydrogens is 158 g/mol. The minimum atomic E-state index is 0.598. The maximum absolute atomic E-state index is 7.37. The van der Waals surface area contributed by atoms with Crippen LogP contribution in [0.5, 0.6) is 0 Å². The molecule has 0 aromatic heterocycles. The van der Waals surface area contributed by atoms with Crippen LogP contribution < -0.4 is 0 Å². The average Bonchev–Trinajstić information content (AvgIpc) is 2.03. The van der Waals surface area contributed by atoms with Gasteiger partial charge in [0.25, 0.3) is 0 Å². The van der Waals surface area contributed by atoms with Crippen LogP contribution in [0.4, 0.5) is 0 Å². The Bertz CT molecular complexity index is 348. The first-order valence-corrected chi connectivity index (χ1v) is 4.40. The largest absolute Gasteiger partial charge is 0.306 e. The third kappa shape index (κ3) is 2.55. The van der Waals surface area contributed by atoms with Crippen LogP contribution in [-0.2, 0) is 0 Å². The number of nitrogens with one attached hydrogen (secondary N) is 1. The molecule has 1 nitrogen and oxygen atoms in total. The van der Waals surface area contributed by atoms with Crippen LogP contribution in [0.2, 0.25) is 0 Å². The van der Waals surface area contributed by atoms with Gasteiger partial charge in [-0.2, -0.15) is 0 Å². The number of hydrogen-bond acceptors (Lipinski definition) is 1. The summed E-state index contributed by atoms with van der Waals surface area (Å²) in [5, 5.41) is 7.37. The Morgan fingerprint density at radius 2 is 1.85 bits per heavy atom. The van der Waals surface area contributed by atoms with E-state index in [2.05, 4.69) is 19.1 Å². The van der Waals surface area contributed by atoms with E-state index < -0.39 is 0 Å². The average molecular weight is 173 g/mol. The van der Waals surface area contributed by atoms with Crippen LogP contribution in [0, 0.1) is 12.3 Å². The van der Waals surface area contributed by atoms with Crippen LogP contribution >= 0.6 is 0 Å². The molecule has 68 valence electrons. The van der Waals surface area contributed by atoms with Crippen molar-refractivity contribution in [1.29, 1.82) is 5.41 Å². The first-order chi connectivity index (χ1) is 6.11. The summed E-state index contributed by atoms with van der Waals surface area (Å²) in [5.41, 5.74) is 4.25. The molecule has 13 heavy (non-hydrogen) atoms. The van der Waals surface area contributed by atoms with Crippen molar-refractivity contribution in [1.82, 2.24) is 0 Å². The third-order valence-electron chi connectivity index (χ3n) is 2.00. The zero-order valence-corrected chi connectivity index (χ0v) is 8.39. The summed E-state index contributed by atoms with van der Waals surface area (Å²) in [7, 11) is 0. The lowest BCUT2D eigenvalue weighted by Crippen LogP contribution is -1.88. The second kappa shape index (κ2) is 4.04. The first-order valence-electron chi connectivity index (χ1n) is 4.40. The van der Waals surface area contributed by atoms with Crippen LogP contribution in [0.15, 0.2) is 30.3 Å². The highest BCUT2D eigenvalue weighted by molar-refractivity contribution is 5.96. The van der Waals surface area contributed by atoms with E-state index in [1.165, 1.54) is 11.1 Å². The minimum absolute atomic E-state index is 0.598. The van der Waals surface area contributed by atoms with E-state index in [1.54, 1.807) is 6.92 Å². The van der Waals surface area contributed by atoms with Crippen molar-refractivity contribution in [2.75, 3.05) is 0 Å². The molecule has 0 aliphatic heterocycles. The smallest absolute Gasteiger partial charge is 0.0285 e. The predicted molar refractivity (Wildman–Crippen MR) is 58.2 cm³/mol. The number of allylic oxidation sites excluding steroid dienone is 2. The Balaban J connectivity index is 3.08. The second-order valence-electron chi connectivity index (χ2n) is 3.33. The highest BCUT2D eigenvalue weighted by Gasteiger charge is 1.98. The van der Waals surface area contributed by atoms with Crippen molar-refractivity contribution in [3.63, 3.8) is 0 Å². The Hall–Kier alpha value is -1.37. The highest BCUT2D eigenvalue weighted by Crippen LogP contribution is 2.17. The molecule has 1 aromatic carbocycles. The molecule has 0 amide bonds. The van der Waals surface area contributed by atoms with E-state index in [0.29, 0.717) is 5.71 Å². The Kier molecular flexibility index (Phi) is 3.02. The first kappa shape index (κ1) is 9.72. The summed E-state index contributed by atoms with van der Waals surface area (Å²) in [6, 6.07) is 8.23. The molecule has 0 atom stereocenters. The maximum atomic E-state index is 7.37. The fourth-order valence-electron chi connectivity index (χ4n) is 1.42. The van der Waals surface area contributed by atoms with Gasteiger partial charge in [0.2, 0.25) is 0 Å². The minimum Gasteiger partial charge on any atom is -0.306 e. The summed E-state index contributed by atoms with van der Waals surface area (Å²) < 4.78 is 0. The monoisotopic (exact) mass is 173 g/mol. The number of aryl methyl sites for hydroxylation is 1. The molecule has 0 unspecified atom stereocenters. The molecule has 0 saturated heterocycles. The zero-order chi connectivity index (χ0) is 9.84. The molecule has 0 saturated carbocycles. The normalized spacial score (nSPS) is 11.5. The van der Waals surface area contributed by atoms with Crippen LogP contribution in [-0.4, -0.2) is 5.71 Å². The van der Waals surface area contributed by atoms with Gasteiger partial charge in [0.1, 0.15) is 0 Å². The van der Waals surface area contributed by atoms with Gasteiger partial charge in [0.05, 0.1) is 0 Å². The third-order valence-corrected chi connectivity index (χ3v) is 2.00. The SMILES string of the molecule is CC(=N)/C=C(/C)c1ccccc1C. The fourth-order valence-corrected chi connectivity index (χ4v) is 1.42. The molecule has 0 spiro atoms. The summed E-state index contributed by atoms with van der Waals surface area (Å²) in [5.74, 6) is 0. The van der Waals surface area contributed by atoms with E-state index in [0.717, 1.165) is 5.57 Å². The van der Waals surface area contributed by atoms with Crippen LogP contribution in [0.3, 0.4) is 0 Å². The van der Waals surface area contributed by atoms with Gasteiger partial charge in [-0.05, 0) is 43.5 Å². The van der Waals surface area contributed by atoms with Gasteiger partial charge in [-0.1, -0.05) is 24.3 Å². The molecule has 0 aliphatic rings. The van der Waals surface area contributed by atoms with E-state index in [9.17, 15) is 0 Å². The van der Waals surface area contributed by atoms with E-state index in [1.807, 2.05) is 25.1 Å². The van der Waals surface area contributed by atoms with E-state index in [-0.39, 0.29) is 0 Å². The van der Waals surface area contributed by atoms with Gasteiger partial charge < -0.3 is 5.41 Å². The summed E-state index contributed by atoms with van der Waals surface area (Å²) in [4.78, 5) is 0. The molecule has 0 aliphatic carbocycles. The summed E-state index contributed by atoms with van der Waals surface area (Å²) in [6.45, 7) is 5.92. The van der Waals surface area contributed by atoms with Crippen molar-refractivity contribution in [3.05, 3.63) is 41.5 Å². The molecule has 1 N–H and O–H groups in total. The molecule has 0 fully saturated rings. The fraction of sp³-hybridized carbons (Fsp3) is 0.250. The number of hydrogen-bond donors (Lipinski definition) is 1. The standard InChI is InChI=1S/C12H15N/c1-9-6-4-5-7-12(9)10(2)8-11(3)13/h4-8,13H,1-3H3/b10-8-,13-11?. The van der Waals surface area contributed by atoms with Gasteiger partial charge in [0, 0.05) is 5.71 Å². The van der Waals surface area contributed by atoms with Gasteiger partial charge in [-0.25, -0.2) is 0 Å². The topological polar surface area (TPSA) is 23.9 Å². The molecule has 0 radical (unpaired) electrons. The molecule has 1 heteroatoms. The second-order valence-corrected chi connectivity index (χ2v) is 3.33. The number of benzene rings is 1. The van der Waals surface area contributed by atoms with Crippen molar-refractivity contribution in [3.8, 4) is 0 Å². The van der Waals surface area contributed by atoms with Gasteiger partial charge >= 0.3 is 0 Å². The Morgan fingerprint density at radius 3 is 2.38 bits per heavy atom. The predicted octanol–water partition coefficient (Wildman–Crippen LogP) is 3.44. The van der Waals surface area contributed by atoms with Crippen molar-refractivity contribution in [2.24, 2.45) is 0 Å². The lowest BCUT2D eigenvalue weighted by Gasteiger charge is -2.04. The quantitative estimate of drug-likeness (QED) is 0.662. The van der Waals surface area contributed by atoms with Gasteiger partial charge in [0.15, 0.2) is 0 Å². The number of rotatable bonds is 2. The van der Waals surface area contributed by atoms with E-state index in [4.69, 9.17) is 5.41 Å². The molecule has 1 aromatic rings. The lowest BCUT2D eigenvalue weighted by molar-refractivity contribution is 1.41. The highest BCUT2D eigenvalue weighted by atomic mass is 14.4. The molecule has 0 heterocycles. The maximum Gasteiger partial charge on any atom is 0.0285 e. The molecule has 1 rings (SSSR count). The van der Waals surface area contributed by atoms with Crippen molar-refractivity contribution < 1.29 is 0 Å².